The molecule has 0 aromatic carbocycles. The minimum Gasteiger partial charge on any atom is -0.468 e. The zero-order valence-electron chi connectivity index (χ0n) is 17.8. The lowest BCUT2D eigenvalue weighted by atomic mass is 10.0. The van der Waals surface area contributed by atoms with Crippen LogP contribution in [0.5, 0.6) is 5.88 Å². The molecule has 0 saturated carbocycles. The smallest absolute Gasteiger partial charge is 0.422 e. The Morgan fingerprint density at radius 1 is 1.30 bits per heavy atom. The summed E-state index contributed by atoms with van der Waals surface area (Å²) in [5, 5.41) is 6.46. The molecule has 0 aliphatic carbocycles. The highest BCUT2D eigenvalue weighted by atomic mass is 19.4. The average molecular weight is 432 g/mol. The van der Waals surface area contributed by atoms with Gasteiger partial charge >= 0.3 is 6.18 Å². The standard InChI is InChI=1S/C20H32F3N5O2/c1-15(2)11-17(28-7-9-29-10-8-28)13-27-19(24-3)26-12-16-5-4-6-25-18(16)30-14-20(21,22)23/h4-6,15,17H,7-14H2,1-3H3,(H2,24,26,27). The maximum Gasteiger partial charge on any atom is 0.422 e. The lowest BCUT2D eigenvalue weighted by Gasteiger charge is -2.35. The molecule has 0 amide bonds. The number of morpholine rings is 1. The molecule has 2 N–H and O–H groups in total. The summed E-state index contributed by atoms with van der Waals surface area (Å²) in [7, 11) is 1.66. The molecule has 30 heavy (non-hydrogen) atoms. The van der Waals surface area contributed by atoms with Crippen molar-refractivity contribution >= 4 is 5.96 Å². The number of nitrogens with zero attached hydrogens (tertiary/aromatic N) is 3. The Kier molecular flexibility index (Phi) is 9.64. The van der Waals surface area contributed by atoms with Gasteiger partial charge in [0.15, 0.2) is 12.6 Å². The van der Waals surface area contributed by atoms with Crippen LogP contribution in [0.25, 0.3) is 0 Å². The van der Waals surface area contributed by atoms with Crippen molar-refractivity contribution < 1.29 is 22.6 Å². The van der Waals surface area contributed by atoms with E-state index in [0.717, 1.165) is 32.7 Å². The molecule has 1 saturated heterocycles. The Balaban J connectivity index is 1.91. The average Bonchev–Trinajstić information content (AvgIpc) is 2.72. The van der Waals surface area contributed by atoms with Crippen molar-refractivity contribution in [3.05, 3.63) is 23.9 Å². The molecule has 0 bridgehead atoms. The second kappa shape index (κ2) is 11.9. The zero-order valence-corrected chi connectivity index (χ0v) is 17.8. The largest absolute Gasteiger partial charge is 0.468 e. The number of rotatable bonds is 9. The first-order valence-electron chi connectivity index (χ1n) is 10.2. The molecule has 2 heterocycles. The normalized spacial score (nSPS) is 17.1. The van der Waals surface area contributed by atoms with Crippen LogP contribution in [0.4, 0.5) is 13.2 Å². The summed E-state index contributed by atoms with van der Waals surface area (Å²) in [5.41, 5.74) is 0.525. The van der Waals surface area contributed by atoms with Gasteiger partial charge in [-0.3, -0.25) is 9.89 Å². The van der Waals surface area contributed by atoms with Gasteiger partial charge in [-0.2, -0.15) is 13.2 Å². The molecule has 0 radical (unpaired) electrons. The minimum atomic E-state index is -4.41. The first kappa shape index (κ1) is 24.2. The van der Waals surface area contributed by atoms with Gasteiger partial charge in [0.1, 0.15) is 0 Å². The fraction of sp³-hybridized carbons (Fsp3) is 0.700. The Morgan fingerprint density at radius 2 is 2.03 bits per heavy atom. The van der Waals surface area contributed by atoms with Crippen molar-refractivity contribution in [1.29, 1.82) is 0 Å². The first-order valence-corrected chi connectivity index (χ1v) is 10.2. The minimum absolute atomic E-state index is 0.0382. The SMILES string of the molecule is CN=C(NCc1cccnc1OCC(F)(F)F)NCC(CC(C)C)N1CCOCC1. The number of hydrogen-bond donors (Lipinski definition) is 2. The molecule has 1 aromatic heterocycles. The maximum absolute atomic E-state index is 12.5. The fourth-order valence-corrected chi connectivity index (χ4v) is 3.30. The van der Waals surface area contributed by atoms with Gasteiger partial charge in [0.2, 0.25) is 5.88 Å². The molecule has 7 nitrogen and oxygen atoms in total. The summed E-state index contributed by atoms with van der Waals surface area (Å²) in [5.74, 6) is 1.09. The quantitative estimate of drug-likeness (QED) is 0.462. The van der Waals surface area contributed by atoms with E-state index >= 15 is 0 Å². The maximum atomic E-state index is 12.5. The van der Waals surface area contributed by atoms with Crippen LogP contribution in [0.3, 0.4) is 0 Å². The van der Waals surface area contributed by atoms with Gasteiger partial charge in [-0.25, -0.2) is 4.98 Å². The molecule has 1 unspecified atom stereocenters. The van der Waals surface area contributed by atoms with Crippen LogP contribution in [-0.4, -0.2) is 74.6 Å². The third-order valence-corrected chi connectivity index (χ3v) is 4.70. The Hall–Kier alpha value is -2.07. The summed E-state index contributed by atoms with van der Waals surface area (Å²) >= 11 is 0. The van der Waals surface area contributed by atoms with E-state index in [9.17, 15) is 13.2 Å². The van der Waals surface area contributed by atoms with E-state index in [1.807, 2.05) is 0 Å². The van der Waals surface area contributed by atoms with Crippen LogP contribution >= 0.6 is 0 Å². The molecular weight excluding hydrogens is 399 g/mol. The highest BCUT2D eigenvalue weighted by Crippen LogP contribution is 2.20. The van der Waals surface area contributed by atoms with Gasteiger partial charge in [-0.05, 0) is 18.4 Å². The van der Waals surface area contributed by atoms with Crippen LogP contribution in [0.15, 0.2) is 23.3 Å². The highest BCUT2D eigenvalue weighted by molar-refractivity contribution is 5.79. The van der Waals surface area contributed by atoms with Gasteiger partial charge < -0.3 is 20.1 Å². The number of hydrogen-bond acceptors (Lipinski definition) is 5. The van der Waals surface area contributed by atoms with Crippen LogP contribution in [0.1, 0.15) is 25.8 Å². The van der Waals surface area contributed by atoms with Crippen molar-refractivity contribution in [3.63, 3.8) is 0 Å². The van der Waals surface area contributed by atoms with Gasteiger partial charge in [0.25, 0.3) is 0 Å². The topological polar surface area (TPSA) is 71.0 Å². The lowest BCUT2D eigenvalue weighted by Crippen LogP contribution is -2.51. The molecule has 1 aromatic rings. The Labute approximate surface area is 176 Å². The summed E-state index contributed by atoms with van der Waals surface area (Å²) in [6.45, 7) is 7.26. The van der Waals surface area contributed by atoms with Gasteiger partial charge in [-0.15, -0.1) is 0 Å². The third-order valence-electron chi connectivity index (χ3n) is 4.70. The number of aliphatic imine (C=N–C) groups is 1. The highest BCUT2D eigenvalue weighted by Gasteiger charge is 2.29. The van der Waals surface area contributed by atoms with Crippen molar-refractivity contribution in [2.45, 2.75) is 39.0 Å². The second-order valence-corrected chi connectivity index (χ2v) is 7.61. The van der Waals surface area contributed by atoms with E-state index in [4.69, 9.17) is 9.47 Å². The summed E-state index contributed by atoms with van der Waals surface area (Å²) in [6, 6.07) is 3.68. The fourth-order valence-electron chi connectivity index (χ4n) is 3.30. The molecule has 2 rings (SSSR count). The molecule has 1 atom stereocenters. The molecule has 170 valence electrons. The number of halogens is 3. The van der Waals surface area contributed by atoms with E-state index in [0.29, 0.717) is 30.0 Å². The number of ether oxygens (including phenoxy) is 2. The van der Waals surface area contributed by atoms with Gasteiger partial charge in [0.05, 0.1) is 13.2 Å². The number of nitrogens with one attached hydrogen (secondary N) is 2. The van der Waals surface area contributed by atoms with Crippen LogP contribution < -0.4 is 15.4 Å². The summed E-state index contributed by atoms with van der Waals surface area (Å²) < 4.78 is 47.6. The van der Waals surface area contributed by atoms with Crippen molar-refractivity contribution in [3.8, 4) is 5.88 Å². The Morgan fingerprint density at radius 3 is 2.67 bits per heavy atom. The number of guanidine groups is 1. The van der Waals surface area contributed by atoms with E-state index in [1.165, 1.54) is 6.20 Å². The van der Waals surface area contributed by atoms with Gasteiger partial charge in [0, 0.05) is 51.0 Å². The van der Waals surface area contributed by atoms with Crippen LogP contribution in [-0.2, 0) is 11.3 Å². The molecule has 1 aliphatic heterocycles. The zero-order chi connectivity index (χ0) is 22.0. The first-order chi connectivity index (χ1) is 14.3. The Bertz CT molecular complexity index is 664. The monoisotopic (exact) mass is 431 g/mol. The van der Waals surface area contributed by atoms with Crippen LogP contribution in [0.2, 0.25) is 0 Å². The lowest BCUT2D eigenvalue weighted by molar-refractivity contribution is -0.154. The van der Waals surface area contributed by atoms with Crippen molar-refractivity contribution in [2.75, 3.05) is 46.5 Å². The number of alkyl halides is 3. The van der Waals surface area contributed by atoms with E-state index in [1.54, 1.807) is 19.2 Å². The summed E-state index contributed by atoms with van der Waals surface area (Å²) in [4.78, 5) is 10.6. The van der Waals surface area contributed by atoms with E-state index in [2.05, 4.69) is 39.4 Å². The second-order valence-electron chi connectivity index (χ2n) is 7.61. The van der Waals surface area contributed by atoms with Crippen molar-refractivity contribution in [2.24, 2.45) is 10.9 Å². The third kappa shape index (κ3) is 8.74. The van der Waals surface area contributed by atoms with Crippen molar-refractivity contribution in [1.82, 2.24) is 20.5 Å². The summed E-state index contributed by atoms with van der Waals surface area (Å²) in [6.07, 6.45) is -1.96. The molecule has 10 heteroatoms. The molecule has 1 aliphatic rings. The predicted octanol–water partition coefficient (Wildman–Crippen LogP) is 2.43. The number of pyridine rings is 1. The van der Waals surface area contributed by atoms with Crippen LogP contribution in [0, 0.1) is 5.92 Å². The van der Waals surface area contributed by atoms with E-state index in [-0.39, 0.29) is 12.4 Å². The van der Waals surface area contributed by atoms with Gasteiger partial charge in [-0.1, -0.05) is 19.9 Å². The molecule has 1 fully saturated rings. The predicted molar refractivity (Wildman–Crippen MR) is 110 cm³/mol. The van der Waals surface area contributed by atoms with E-state index < -0.39 is 12.8 Å². The molecular formula is C20H32F3N5O2. The molecule has 0 spiro atoms. The number of aromatic nitrogens is 1.